The van der Waals surface area contributed by atoms with E-state index in [2.05, 4.69) is 40.4 Å². The van der Waals surface area contributed by atoms with Gasteiger partial charge in [0.25, 0.3) is 0 Å². The van der Waals surface area contributed by atoms with Gasteiger partial charge in [-0.15, -0.1) is 0 Å². The van der Waals surface area contributed by atoms with Gasteiger partial charge in [-0.25, -0.2) is 4.79 Å². The van der Waals surface area contributed by atoms with E-state index in [1.165, 1.54) is 7.11 Å². The second-order valence-electron chi connectivity index (χ2n) is 5.79. The third-order valence-corrected chi connectivity index (χ3v) is 7.94. The van der Waals surface area contributed by atoms with Crippen molar-refractivity contribution in [1.82, 2.24) is 0 Å². The van der Waals surface area contributed by atoms with Crippen molar-refractivity contribution in [3.05, 3.63) is 12.2 Å². The molecule has 0 aliphatic carbocycles. The van der Waals surface area contributed by atoms with E-state index in [0.29, 0.717) is 5.57 Å². The molecule has 0 aromatic heterocycles. The average molecular weight is 258 g/mol. The van der Waals surface area contributed by atoms with Crippen LogP contribution < -0.4 is 0 Å². The largest absolute Gasteiger partial charge is 0.466 e. The minimum absolute atomic E-state index is 0.122. The van der Waals surface area contributed by atoms with Crippen LogP contribution in [-0.4, -0.2) is 27.5 Å². The molecule has 0 saturated carbocycles. The Bertz CT molecular complexity index is 290. The predicted octanol–water partition coefficient (Wildman–Crippen LogP) is 3.52. The fraction of sp³-hybridized carbons (Fsp3) is 0.769. The van der Waals surface area contributed by atoms with Crippen molar-refractivity contribution in [1.29, 1.82) is 0 Å². The van der Waals surface area contributed by atoms with Crippen molar-refractivity contribution in [3.63, 3.8) is 0 Å². The van der Waals surface area contributed by atoms with Crippen LogP contribution in [0.3, 0.4) is 0 Å². The molecule has 1 atom stereocenters. The normalized spacial score (nSPS) is 14.3. The zero-order valence-corrected chi connectivity index (χ0v) is 13.2. The highest BCUT2D eigenvalue weighted by Gasteiger charge is 2.39. The Morgan fingerprint density at radius 2 is 1.82 bits per heavy atom. The Hall–Kier alpha value is -0.613. The Morgan fingerprint density at radius 3 is 2.12 bits per heavy atom. The van der Waals surface area contributed by atoms with E-state index in [-0.39, 0.29) is 17.1 Å². The molecule has 0 aromatic rings. The molecule has 100 valence electrons. The molecule has 0 N–H and O–H groups in total. The molecule has 1 unspecified atom stereocenters. The van der Waals surface area contributed by atoms with Crippen LogP contribution in [-0.2, 0) is 14.0 Å². The molecule has 3 nitrogen and oxygen atoms in total. The Morgan fingerprint density at radius 1 is 1.35 bits per heavy atom. The van der Waals surface area contributed by atoms with E-state index in [1.54, 1.807) is 0 Å². The van der Waals surface area contributed by atoms with Crippen molar-refractivity contribution >= 4 is 14.3 Å². The summed E-state index contributed by atoms with van der Waals surface area (Å²) in [6, 6.07) is 0. The molecule has 17 heavy (non-hydrogen) atoms. The number of hydrogen-bond acceptors (Lipinski definition) is 3. The monoisotopic (exact) mass is 258 g/mol. The maximum atomic E-state index is 11.5. The van der Waals surface area contributed by atoms with Gasteiger partial charge in [0.1, 0.15) is 0 Å². The number of esters is 1. The summed E-state index contributed by atoms with van der Waals surface area (Å²) in [5, 5.41) is 0.122. The number of methoxy groups -OCH3 is 1. The predicted molar refractivity (Wildman–Crippen MR) is 73.5 cm³/mol. The zero-order valence-electron chi connectivity index (χ0n) is 12.2. The number of ether oxygens (including phenoxy) is 1. The van der Waals surface area contributed by atoms with Gasteiger partial charge in [0, 0.05) is 0 Å². The van der Waals surface area contributed by atoms with Gasteiger partial charge in [-0.3, -0.25) is 0 Å². The van der Waals surface area contributed by atoms with Gasteiger partial charge >= 0.3 is 5.97 Å². The Kier molecular flexibility index (Phi) is 5.61. The van der Waals surface area contributed by atoms with Crippen LogP contribution in [0.2, 0.25) is 18.1 Å². The summed E-state index contributed by atoms with van der Waals surface area (Å²) in [4.78, 5) is 11.5. The van der Waals surface area contributed by atoms with E-state index >= 15 is 0 Å². The molecular formula is C13H26O3Si. The van der Waals surface area contributed by atoms with Crippen LogP contribution in [0, 0.1) is 0 Å². The van der Waals surface area contributed by atoms with Crippen LogP contribution in [0.25, 0.3) is 0 Å². The summed E-state index contributed by atoms with van der Waals surface area (Å²) in [6.45, 7) is 16.6. The molecule has 0 rings (SSSR count). The topological polar surface area (TPSA) is 35.5 Å². The maximum Gasteiger partial charge on any atom is 0.335 e. The van der Waals surface area contributed by atoms with Gasteiger partial charge in [0.2, 0.25) is 0 Å². The van der Waals surface area contributed by atoms with Crippen LogP contribution in [0.15, 0.2) is 12.2 Å². The summed E-state index contributed by atoms with van der Waals surface area (Å²) in [5.41, 5.74) is 0.417. The number of carbonyl (C=O) groups is 1. The molecular weight excluding hydrogens is 232 g/mol. The SMILES string of the molecule is C=C(C(=O)OC)C(CC)O[Si](C)(C)C(C)(C)C. The van der Waals surface area contributed by atoms with Gasteiger partial charge in [-0.1, -0.05) is 34.3 Å². The molecule has 0 amide bonds. The highest BCUT2D eigenvalue weighted by molar-refractivity contribution is 6.74. The number of carbonyl (C=O) groups excluding carboxylic acids is 1. The minimum atomic E-state index is -1.88. The minimum Gasteiger partial charge on any atom is -0.466 e. The van der Waals surface area contributed by atoms with E-state index in [1.807, 2.05) is 6.92 Å². The van der Waals surface area contributed by atoms with Gasteiger partial charge in [-0.2, -0.15) is 0 Å². The van der Waals surface area contributed by atoms with Crippen molar-refractivity contribution in [2.24, 2.45) is 0 Å². The molecule has 0 radical (unpaired) electrons. The molecule has 0 aliphatic heterocycles. The smallest absolute Gasteiger partial charge is 0.335 e. The lowest BCUT2D eigenvalue weighted by atomic mass is 10.1. The van der Waals surface area contributed by atoms with E-state index in [0.717, 1.165) is 6.42 Å². The van der Waals surface area contributed by atoms with Crippen LogP contribution in [0.1, 0.15) is 34.1 Å². The number of hydrogen-bond donors (Lipinski definition) is 0. The fourth-order valence-electron chi connectivity index (χ4n) is 1.20. The lowest BCUT2D eigenvalue weighted by Gasteiger charge is -2.39. The molecule has 0 aliphatic rings. The van der Waals surface area contributed by atoms with Crippen LogP contribution >= 0.6 is 0 Å². The first-order valence-electron chi connectivity index (χ1n) is 6.01. The Balaban J connectivity index is 4.84. The van der Waals surface area contributed by atoms with E-state index in [4.69, 9.17) is 9.16 Å². The summed E-state index contributed by atoms with van der Waals surface area (Å²) >= 11 is 0. The summed E-state index contributed by atoms with van der Waals surface area (Å²) in [6.07, 6.45) is 0.504. The lowest BCUT2D eigenvalue weighted by Crippen LogP contribution is -2.44. The van der Waals surface area contributed by atoms with Crippen molar-refractivity contribution in [3.8, 4) is 0 Å². The highest BCUT2D eigenvalue weighted by Crippen LogP contribution is 2.38. The Labute approximate surface area is 106 Å². The summed E-state index contributed by atoms with van der Waals surface area (Å²) in [5.74, 6) is -0.379. The third kappa shape index (κ3) is 4.28. The van der Waals surface area contributed by atoms with Gasteiger partial charge in [-0.05, 0) is 24.6 Å². The average Bonchev–Trinajstić information content (AvgIpc) is 2.22. The summed E-state index contributed by atoms with van der Waals surface area (Å²) in [7, 11) is -0.511. The molecule has 0 saturated heterocycles. The molecule has 0 heterocycles. The molecule has 0 spiro atoms. The first-order valence-corrected chi connectivity index (χ1v) is 8.92. The number of rotatable bonds is 5. The standard InChI is InChI=1S/C13H26O3Si/c1-9-11(10(2)12(14)15-6)16-17(7,8)13(3,4)5/h11H,2,9H2,1,3-8H3. The third-order valence-electron chi connectivity index (χ3n) is 3.45. The van der Waals surface area contributed by atoms with Crippen LogP contribution in [0.5, 0.6) is 0 Å². The van der Waals surface area contributed by atoms with Crippen LogP contribution in [0.4, 0.5) is 0 Å². The van der Waals surface area contributed by atoms with E-state index < -0.39 is 8.32 Å². The molecule has 4 heteroatoms. The lowest BCUT2D eigenvalue weighted by molar-refractivity contribution is -0.137. The van der Waals surface area contributed by atoms with Crippen molar-refractivity contribution in [2.45, 2.75) is 58.4 Å². The van der Waals surface area contributed by atoms with Gasteiger partial charge in [0.05, 0.1) is 18.8 Å². The maximum absolute atomic E-state index is 11.5. The second-order valence-corrected chi connectivity index (χ2v) is 10.5. The fourth-order valence-corrected chi connectivity index (χ4v) is 2.57. The van der Waals surface area contributed by atoms with Crippen molar-refractivity contribution < 1.29 is 14.0 Å². The highest BCUT2D eigenvalue weighted by atomic mass is 28.4. The molecule has 0 fully saturated rings. The first-order chi connectivity index (χ1) is 7.56. The van der Waals surface area contributed by atoms with E-state index in [9.17, 15) is 4.79 Å². The van der Waals surface area contributed by atoms with Gasteiger partial charge in [0.15, 0.2) is 8.32 Å². The van der Waals surface area contributed by atoms with Crippen molar-refractivity contribution in [2.75, 3.05) is 7.11 Å². The molecule has 0 bridgehead atoms. The molecule has 0 aromatic carbocycles. The summed E-state index contributed by atoms with van der Waals surface area (Å²) < 4.78 is 10.9. The first kappa shape index (κ1) is 16.4. The quantitative estimate of drug-likeness (QED) is 0.430. The van der Waals surface area contributed by atoms with Gasteiger partial charge < -0.3 is 9.16 Å². The second kappa shape index (κ2) is 5.82. The zero-order chi connectivity index (χ0) is 13.9.